The third kappa shape index (κ3) is 4.58. The van der Waals surface area contributed by atoms with E-state index in [4.69, 9.17) is 4.74 Å². The number of amides is 2. The number of hydrogen-bond acceptors (Lipinski definition) is 5. The Morgan fingerprint density at radius 1 is 1.21 bits per heavy atom. The van der Waals surface area contributed by atoms with Crippen LogP contribution in [0.4, 0.5) is 5.69 Å². The van der Waals surface area contributed by atoms with Gasteiger partial charge in [-0.1, -0.05) is 22.0 Å². The topological polar surface area (TPSA) is 75.6 Å². The van der Waals surface area contributed by atoms with Crippen LogP contribution in [0.1, 0.15) is 25.0 Å². The van der Waals surface area contributed by atoms with Crippen molar-refractivity contribution in [3.8, 4) is 5.88 Å². The monoisotopic (exact) mass is 458 g/mol. The Morgan fingerprint density at radius 3 is 2.83 bits per heavy atom. The average Bonchev–Trinajstić information content (AvgIpc) is 3.11. The third-order valence-electron chi connectivity index (χ3n) is 5.34. The maximum absolute atomic E-state index is 13.1. The lowest BCUT2D eigenvalue weighted by atomic mass is 10.0. The number of nitrogens with zero attached hydrogens (tertiary/aromatic N) is 4. The van der Waals surface area contributed by atoms with Crippen LogP contribution in [0.3, 0.4) is 0 Å². The van der Waals surface area contributed by atoms with Crippen molar-refractivity contribution in [2.45, 2.75) is 32.3 Å². The van der Waals surface area contributed by atoms with Crippen molar-refractivity contribution in [2.75, 3.05) is 24.5 Å². The second-order valence-electron chi connectivity index (χ2n) is 7.56. The SMILES string of the molecule is Cc1ccc(OC2CCCN(C(=O)C3CC(=O)N(c4cccc(Br)c4)C3)C2)nn1. The number of aryl methyl sites for hydroxylation is 1. The molecule has 3 heterocycles. The van der Waals surface area contributed by atoms with Gasteiger partial charge in [0.15, 0.2) is 0 Å². The summed E-state index contributed by atoms with van der Waals surface area (Å²) in [6.45, 7) is 3.49. The number of carbonyl (C=O) groups excluding carboxylic acids is 2. The van der Waals surface area contributed by atoms with Gasteiger partial charge >= 0.3 is 0 Å². The number of hydrogen-bond donors (Lipinski definition) is 0. The Balaban J connectivity index is 1.38. The van der Waals surface area contributed by atoms with Crippen LogP contribution in [0, 0.1) is 12.8 Å². The Labute approximate surface area is 178 Å². The Hall–Kier alpha value is -2.48. The standard InChI is InChI=1S/C21H23BrN4O3/c1-14-7-8-19(24-23-14)29-18-6-3-9-25(13-18)21(28)15-10-20(27)26(12-15)17-5-2-4-16(22)11-17/h2,4-5,7-8,11,15,18H,3,6,9-10,12-13H2,1H3. The van der Waals surface area contributed by atoms with Crippen molar-refractivity contribution in [3.63, 3.8) is 0 Å². The zero-order valence-electron chi connectivity index (χ0n) is 16.3. The van der Waals surface area contributed by atoms with Gasteiger partial charge in [-0.05, 0) is 44.0 Å². The van der Waals surface area contributed by atoms with E-state index in [1.54, 1.807) is 11.0 Å². The highest BCUT2D eigenvalue weighted by Crippen LogP contribution is 2.29. The fraction of sp³-hybridized carbons (Fsp3) is 0.429. The zero-order chi connectivity index (χ0) is 20.4. The highest BCUT2D eigenvalue weighted by molar-refractivity contribution is 9.10. The quantitative estimate of drug-likeness (QED) is 0.703. The first-order valence-electron chi connectivity index (χ1n) is 9.81. The number of rotatable bonds is 4. The van der Waals surface area contributed by atoms with Crippen LogP contribution in [0.15, 0.2) is 40.9 Å². The number of aromatic nitrogens is 2. The van der Waals surface area contributed by atoms with Gasteiger partial charge in [-0.25, -0.2) is 0 Å². The van der Waals surface area contributed by atoms with E-state index in [0.717, 1.165) is 28.7 Å². The normalized spacial score (nSPS) is 22.1. The molecule has 8 heteroatoms. The second-order valence-corrected chi connectivity index (χ2v) is 8.48. The van der Waals surface area contributed by atoms with E-state index in [-0.39, 0.29) is 30.3 Å². The molecule has 2 aromatic rings. The van der Waals surface area contributed by atoms with Gasteiger partial charge in [0, 0.05) is 35.7 Å². The molecule has 2 unspecified atom stereocenters. The molecule has 1 aromatic heterocycles. The smallest absolute Gasteiger partial charge is 0.233 e. The summed E-state index contributed by atoms with van der Waals surface area (Å²) in [7, 11) is 0. The summed E-state index contributed by atoms with van der Waals surface area (Å²) in [5, 5.41) is 8.06. The van der Waals surface area contributed by atoms with E-state index in [1.807, 2.05) is 42.2 Å². The number of likely N-dealkylation sites (tertiary alicyclic amines) is 1. The molecular weight excluding hydrogens is 436 g/mol. The van der Waals surface area contributed by atoms with E-state index in [2.05, 4.69) is 26.1 Å². The van der Waals surface area contributed by atoms with E-state index >= 15 is 0 Å². The fourth-order valence-electron chi connectivity index (χ4n) is 3.88. The highest BCUT2D eigenvalue weighted by atomic mass is 79.9. The molecule has 0 aliphatic carbocycles. The van der Waals surface area contributed by atoms with E-state index in [9.17, 15) is 9.59 Å². The van der Waals surface area contributed by atoms with Crippen molar-refractivity contribution < 1.29 is 14.3 Å². The first-order valence-corrected chi connectivity index (χ1v) is 10.6. The summed E-state index contributed by atoms with van der Waals surface area (Å²) < 4.78 is 6.84. The first-order chi connectivity index (χ1) is 14.0. The van der Waals surface area contributed by atoms with Crippen molar-refractivity contribution in [1.82, 2.24) is 15.1 Å². The predicted octanol–water partition coefficient (Wildman–Crippen LogP) is 2.97. The van der Waals surface area contributed by atoms with E-state index < -0.39 is 0 Å². The van der Waals surface area contributed by atoms with Crippen LogP contribution in [0.2, 0.25) is 0 Å². The van der Waals surface area contributed by atoms with Crippen LogP contribution < -0.4 is 9.64 Å². The van der Waals surface area contributed by atoms with E-state index in [0.29, 0.717) is 25.5 Å². The van der Waals surface area contributed by atoms with E-state index in [1.165, 1.54) is 0 Å². The molecule has 7 nitrogen and oxygen atoms in total. The van der Waals surface area contributed by atoms with Gasteiger partial charge in [-0.3, -0.25) is 9.59 Å². The molecule has 0 radical (unpaired) electrons. The molecule has 4 rings (SSSR count). The molecule has 29 heavy (non-hydrogen) atoms. The molecular formula is C21H23BrN4O3. The van der Waals surface area contributed by atoms with Crippen LogP contribution in [-0.4, -0.2) is 52.6 Å². The van der Waals surface area contributed by atoms with Gasteiger partial charge in [0.25, 0.3) is 0 Å². The number of piperidine rings is 1. The van der Waals surface area contributed by atoms with Crippen molar-refractivity contribution in [2.24, 2.45) is 5.92 Å². The molecule has 0 N–H and O–H groups in total. The molecule has 2 amide bonds. The Kier molecular flexibility index (Phi) is 5.80. The van der Waals surface area contributed by atoms with Crippen molar-refractivity contribution in [3.05, 3.63) is 46.6 Å². The lowest BCUT2D eigenvalue weighted by Crippen LogP contribution is -2.47. The minimum atomic E-state index is -0.320. The summed E-state index contributed by atoms with van der Waals surface area (Å²) in [4.78, 5) is 29.1. The molecule has 0 saturated carbocycles. The molecule has 1 aromatic carbocycles. The average molecular weight is 459 g/mol. The third-order valence-corrected chi connectivity index (χ3v) is 5.84. The number of ether oxygens (including phenoxy) is 1. The lowest BCUT2D eigenvalue weighted by molar-refractivity contribution is -0.138. The van der Waals surface area contributed by atoms with Gasteiger partial charge in [-0.15, -0.1) is 5.10 Å². The van der Waals surface area contributed by atoms with Crippen LogP contribution in [0.5, 0.6) is 5.88 Å². The Bertz CT molecular complexity index is 905. The molecule has 0 spiro atoms. The van der Waals surface area contributed by atoms with Crippen molar-refractivity contribution in [1.29, 1.82) is 0 Å². The van der Waals surface area contributed by atoms with Gasteiger partial charge in [0.2, 0.25) is 17.7 Å². The van der Waals surface area contributed by atoms with Crippen LogP contribution in [0.25, 0.3) is 0 Å². The summed E-state index contributed by atoms with van der Waals surface area (Å²) in [6, 6.07) is 11.3. The van der Waals surface area contributed by atoms with Crippen LogP contribution in [-0.2, 0) is 9.59 Å². The summed E-state index contributed by atoms with van der Waals surface area (Å²) in [5.41, 5.74) is 1.65. The highest BCUT2D eigenvalue weighted by Gasteiger charge is 2.38. The molecule has 2 saturated heterocycles. The van der Waals surface area contributed by atoms with Gasteiger partial charge in [-0.2, -0.15) is 5.10 Å². The van der Waals surface area contributed by atoms with Crippen LogP contribution >= 0.6 is 15.9 Å². The van der Waals surface area contributed by atoms with Gasteiger partial charge < -0.3 is 14.5 Å². The largest absolute Gasteiger partial charge is 0.471 e. The second kappa shape index (κ2) is 8.49. The number of anilines is 1. The summed E-state index contributed by atoms with van der Waals surface area (Å²) in [6.07, 6.45) is 1.87. The van der Waals surface area contributed by atoms with Gasteiger partial charge in [0.05, 0.1) is 18.2 Å². The molecule has 2 fully saturated rings. The molecule has 2 atom stereocenters. The molecule has 2 aliphatic rings. The fourth-order valence-corrected chi connectivity index (χ4v) is 4.27. The minimum Gasteiger partial charge on any atom is -0.471 e. The summed E-state index contributed by atoms with van der Waals surface area (Å²) in [5.74, 6) is 0.173. The predicted molar refractivity (Wildman–Crippen MR) is 112 cm³/mol. The molecule has 2 aliphatic heterocycles. The Morgan fingerprint density at radius 2 is 2.07 bits per heavy atom. The number of halogens is 1. The zero-order valence-corrected chi connectivity index (χ0v) is 17.8. The van der Waals surface area contributed by atoms with Crippen molar-refractivity contribution >= 4 is 33.4 Å². The van der Waals surface area contributed by atoms with Gasteiger partial charge in [0.1, 0.15) is 6.10 Å². The maximum atomic E-state index is 13.1. The summed E-state index contributed by atoms with van der Waals surface area (Å²) >= 11 is 3.44. The number of benzene rings is 1. The molecule has 0 bridgehead atoms. The lowest BCUT2D eigenvalue weighted by Gasteiger charge is -2.34. The minimum absolute atomic E-state index is 0.0128. The molecule has 152 valence electrons. The number of carbonyl (C=O) groups is 2. The maximum Gasteiger partial charge on any atom is 0.233 e. The first kappa shape index (κ1) is 19.8.